The molecule has 0 saturated heterocycles. The van der Waals surface area contributed by atoms with Crippen molar-refractivity contribution in [2.24, 2.45) is 0 Å². The van der Waals surface area contributed by atoms with Crippen molar-refractivity contribution in [1.82, 2.24) is 4.90 Å². The number of carbonyl (C=O) groups is 2. The Labute approximate surface area is 316 Å². The number of rotatable bonds is 7. The lowest BCUT2D eigenvalue weighted by molar-refractivity contribution is -0.956. The third-order valence-electron chi connectivity index (χ3n) is 11.6. The van der Waals surface area contributed by atoms with Crippen LogP contribution in [0.15, 0.2) is 60.7 Å². The average Bonchev–Trinajstić information content (AvgIpc) is 3.15. The highest BCUT2D eigenvalue weighted by atomic mass is 16.6. The van der Waals surface area contributed by atoms with Gasteiger partial charge in [-0.3, -0.25) is 9.69 Å². The fourth-order valence-corrected chi connectivity index (χ4v) is 8.74. The van der Waals surface area contributed by atoms with E-state index < -0.39 is 18.0 Å². The smallest absolute Gasteiger partial charge is 0.362 e. The first kappa shape index (κ1) is 37.1. The molecule has 54 heavy (non-hydrogen) atoms. The van der Waals surface area contributed by atoms with Gasteiger partial charge < -0.3 is 38.0 Å². The van der Waals surface area contributed by atoms with Crippen LogP contribution >= 0.6 is 0 Å². The molecule has 1 N–H and O–H groups in total. The molecule has 0 radical (unpaired) electrons. The predicted octanol–water partition coefficient (Wildman–Crippen LogP) is 7.46. The predicted molar refractivity (Wildman–Crippen MR) is 203 cm³/mol. The molecule has 4 aromatic carbocycles. The second-order valence-corrected chi connectivity index (χ2v) is 14.7. The molecule has 4 aromatic rings. The largest absolute Gasteiger partial charge is 0.493 e. The van der Waals surface area contributed by atoms with E-state index in [0.717, 1.165) is 46.3 Å². The van der Waals surface area contributed by atoms with E-state index >= 15 is 0 Å². The second-order valence-electron chi connectivity index (χ2n) is 14.7. The molecular formula is C43H49N2O9+. The summed E-state index contributed by atoms with van der Waals surface area (Å²) in [5.74, 6) is 2.42. The standard InChI is InChI=1S/C43H48N2O9/c1-8-33(43(47)48)45(4)18-16-28-22-36(50-6)38-24-31(28)34(45)20-26-9-12-30(13-10-26)53-37-21-27(11-14-35(37)49-5)19-32-40-29(15-17-44(32)3)23-39(51-7)41(42(40)54-38)52-25(2)46/h9-14,21-24,32-34H,8,15-20H2,1-7H3/p+1. The highest BCUT2D eigenvalue weighted by Crippen LogP contribution is 2.53. The number of likely N-dealkylation sites (N-methyl/N-ethyl adjacent to an activating group) is 2. The zero-order valence-electron chi connectivity index (χ0n) is 32.1. The first-order chi connectivity index (χ1) is 26.0. The topological polar surface area (TPSA) is 113 Å². The number of carboxylic acid groups (broad SMARTS) is 1. The van der Waals surface area contributed by atoms with Crippen LogP contribution in [0.25, 0.3) is 0 Å². The summed E-state index contributed by atoms with van der Waals surface area (Å²) in [6.07, 6.45) is 3.00. The maximum Gasteiger partial charge on any atom is 0.362 e. The number of nitrogens with zero attached hydrogens (tertiary/aromatic N) is 2. The molecule has 0 amide bonds. The van der Waals surface area contributed by atoms with E-state index in [1.807, 2.05) is 67.6 Å². The molecule has 0 fully saturated rings. The van der Waals surface area contributed by atoms with Gasteiger partial charge in [0, 0.05) is 49.9 Å². The van der Waals surface area contributed by atoms with Crippen LogP contribution in [-0.4, -0.2) is 81.0 Å². The van der Waals surface area contributed by atoms with Crippen LogP contribution in [0.4, 0.5) is 0 Å². The molecule has 0 saturated carbocycles. The zero-order chi connectivity index (χ0) is 38.3. The van der Waals surface area contributed by atoms with E-state index in [1.165, 1.54) is 6.92 Å². The summed E-state index contributed by atoms with van der Waals surface area (Å²) in [6.45, 7) is 4.71. The number of hydrogen-bond acceptors (Lipinski definition) is 9. The van der Waals surface area contributed by atoms with Gasteiger partial charge in [0.25, 0.3) is 0 Å². The molecule has 0 spiro atoms. The lowest BCUT2D eigenvalue weighted by Gasteiger charge is -2.49. The normalized spacial score (nSPS) is 20.9. The molecule has 0 aromatic heterocycles. The first-order valence-corrected chi connectivity index (χ1v) is 18.5. The van der Waals surface area contributed by atoms with Crippen LogP contribution < -0.4 is 28.4 Å². The van der Waals surface area contributed by atoms with Gasteiger partial charge in [0.2, 0.25) is 5.75 Å². The molecule has 11 nitrogen and oxygen atoms in total. The van der Waals surface area contributed by atoms with Gasteiger partial charge in [-0.2, -0.15) is 0 Å². The summed E-state index contributed by atoms with van der Waals surface area (Å²) >= 11 is 0. The van der Waals surface area contributed by atoms with E-state index in [9.17, 15) is 14.7 Å². The maximum absolute atomic E-state index is 12.9. The van der Waals surface area contributed by atoms with Gasteiger partial charge in [0.05, 0.1) is 34.9 Å². The number of carbonyl (C=O) groups excluding carboxylic acids is 1. The SMILES string of the molecule is CCC(C(=O)O)[N+]1(C)CCc2cc(OC)c3cc2C1Cc1ccc(cc1)Oc1cc(ccc1OC)CC1c2c(cc(OC)c(OC(C)=O)c2O3)CCN1C. The Hall–Kier alpha value is -5.26. The summed E-state index contributed by atoms with van der Waals surface area (Å²) < 4.78 is 37.4. The lowest BCUT2D eigenvalue weighted by atomic mass is 9.84. The number of fused-ring (bicyclic) bond motifs is 2. The van der Waals surface area contributed by atoms with E-state index in [4.69, 9.17) is 28.4 Å². The number of benzene rings is 4. The number of ether oxygens (including phenoxy) is 6. The minimum absolute atomic E-state index is 0.186. The van der Waals surface area contributed by atoms with Crippen molar-refractivity contribution in [2.75, 3.05) is 48.5 Å². The number of hydrogen-bond donors (Lipinski definition) is 1. The Morgan fingerprint density at radius 1 is 0.870 bits per heavy atom. The highest BCUT2D eigenvalue weighted by Gasteiger charge is 2.48. The summed E-state index contributed by atoms with van der Waals surface area (Å²) in [4.78, 5) is 27.9. The molecular weight excluding hydrogens is 688 g/mol. The maximum atomic E-state index is 12.9. The van der Waals surface area contributed by atoms with Crippen molar-refractivity contribution in [2.45, 2.75) is 64.1 Å². The van der Waals surface area contributed by atoms with E-state index in [2.05, 4.69) is 19.0 Å². The third-order valence-corrected chi connectivity index (χ3v) is 11.6. The minimum atomic E-state index is -0.822. The third kappa shape index (κ3) is 6.71. The fourth-order valence-electron chi connectivity index (χ4n) is 8.74. The summed E-state index contributed by atoms with van der Waals surface area (Å²) in [5, 5.41) is 10.5. The van der Waals surface area contributed by atoms with Crippen molar-refractivity contribution in [3.05, 3.63) is 94.0 Å². The summed E-state index contributed by atoms with van der Waals surface area (Å²) in [5.41, 5.74) is 6.01. The molecule has 4 aliphatic heterocycles. The van der Waals surface area contributed by atoms with Crippen LogP contribution in [-0.2, 0) is 35.3 Å². The molecule has 4 atom stereocenters. The number of aliphatic carboxylic acids is 1. The van der Waals surface area contributed by atoms with Gasteiger partial charge in [-0.25, -0.2) is 4.79 Å². The molecule has 6 bridgehead atoms. The first-order valence-electron chi connectivity index (χ1n) is 18.5. The lowest BCUT2D eigenvalue weighted by Crippen LogP contribution is -2.60. The van der Waals surface area contributed by atoms with E-state index in [-0.39, 0.29) is 17.8 Å². The van der Waals surface area contributed by atoms with Gasteiger partial charge in [0.15, 0.2) is 40.5 Å². The number of quaternary nitrogens is 1. The van der Waals surface area contributed by atoms with Crippen LogP contribution in [0.5, 0.6) is 46.0 Å². The molecule has 11 heteroatoms. The van der Waals surface area contributed by atoms with Gasteiger partial charge in [-0.05, 0) is 84.6 Å². The van der Waals surface area contributed by atoms with Crippen molar-refractivity contribution < 1.29 is 47.6 Å². The van der Waals surface area contributed by atoms with Crippen molar-refractivity contribution in [3.8, 4) is 46.0 Å². The fraction of sp³-hybridized carbons (Fsp3) is 0.395. The summed E-state index contributed by atoms with van der Waals surface area (Å²) in [6, 6.07) is 18.9. The van der Waals surface area contributed by atoms with Gasteiger partial charge in [-0.15, -0.1) is 0 Å². The van der Waals surface area contributed by atoms with Gasteiger partial charge in [-0.1, -0.05) is 25.1 Å². The van der Waals surface area contributed by atoms with Crippen LogP contribution in [0.3, 0.4) is 0 Å². The van der Waals surface area contributed by atoms with Gasteiger partial charge in [0.1, 0.15) is 11.8 Å². The van der Waals surface area contributed by atoms with E-state index in [0.29, 0.717) is 77.0 Å². The zero-order valence-corrected chi connectivity index (χ0v) is 32.1. The van der Waals surface area contributed by atoms with Crippen molar-refractivity contribution in [1.29, 1.82) is 0 Å². The van der Waals surface area contributed by atoms with E-state index in [1.54, 1.807) is 21.3 Å². The Bertz CT molecular complexity index is 2080. The minimum Gasteiger partial charge on any atom is -0.493 e. The Balaban J connectivity index is 1.51. The molecule has 4 aliphatic rings. The Morgan fingerprint density at radius 2 is 1.56 bits per heavy atom. The Kier molecular flexibility index (Phi) is 10.2. The summed E-state index contributed by atoms with van der Waals surface area (Å²) in [7, 11) is 8.92. The van der Waals surface area contributed by atoms with Crippen LogP contribution in [0, 0.1) is 0 Å². The molecule has 4 heterocycles. The van der Waals surface area contributed by atoms with Crippen molar-refractivity contribution >= 4 is 11.9 Å². The van der Waals surface area contributed by atoms with Gasteiger partial charge >= 0.3 is 11.9 Å². The molecule has 284 valence electrons. The highest BCUT2D eigenvalue weighted by molar-refractivity contribution is 5.74. The monoisotopic (exact) mass is 737 g/mol. The molecule has 8 rings (SSSR count). The second kappa shape index (κ2) is 14.9. The molecule has 4 unspecified atom stereocenters. The molecule has 0 aliphatic carbocycles. The number of methoxy groups -OCH3 is 3. The Morgan fingerprint density at radius 3 is 2.22 bits per heavy atom. The van der Waals surface area contributed by atoms with Crippen molar-refractivity contribution in [3.63, 3.8) is 0 Å². The van der Waals surface area contributed by atoms with Crippen LogP contribution in [0.1, 0.15) is 65.7 Å². The average molecular weight is 738 g/mol. The number of esters is 1. The van der Waals surface area contributed by atoms with Crippen LogP contribution in [0.2, 0.25) is 0 Å². The quantitative estimate of drug-likeness (QED) is 0.117. The number of carboxylic acids is 1.